The lowest BCUT2D eigenvalue weighted by atomic mass is 9.60. The van der Waals surface area contributed by atoms with Crippen LogP contribution in [0.15, 0.2) is 79.1 Å². The number of anilines is 4. The van der Waals surface area contributed by atoms with Crippen LogP contribution >= 0.6 is 0 Å². The Morgan fingerprint density at radius 3 is 2.45 bits per heavy atom. The molecule has 65 heavy (non-hydrogen) atoms. The van der Waals surface area contributed by atoms with Gasteiger partial charge in [0.05, 0.1) is 35.8 Å². The van der Waals surface area contributed by atoms with E-state index < -0.39 is 23.8 Å². The van der Waals surface area contributed by atoms with E-state index in [1.807, 2.05) is 24.4 Å². The Morgan fingerprint density at radius 1 is 0.846 bits per heavy atom. The monoisotopic (exact) mass is 872 g/mol. The highest BCUT2D eigenvalue weighted by atomic mass is 16.5. The number of aromatic nitrogens is 3. The minimum atomic E-state index is -0.962. The third kappa shape index (κ3) is 6.21. The van der Waals surface area contributed by atoms with Crippen molar-refractivity contribution >= 4 is 57.5 Å². The molecule has 1 saturated carbocycles. The summed E-state index contributed by atoms with van der Waals surface area (Å²) in [5.41, 5.74) is 7.23. The summed E-state index contributed by atoms with van der Waals surface area (Å²) < 4.78 is 8.44. The highest BCUT2D eigenvalue weighted by molar-refractivity contribution is 6.23. The number of hydrogen-bond donors (Lipinski definition) is 2. The van der Waals surface area contributed by atoms with Gasteiger partial charge in [-0.3, -0.25) is 39.2 Å². The molecule has 3 atom stereocenters. The Kier molecular flexibility index (Phi) is 8.77. The SMILES string of the molecule is COc1cc(N2CC34CCN(CC3)C(CC3CN(c5ccc6c(c5)C(=O)N(C5CCC(=O)NC5=O)C6=O)C3)N3CC(C3)C24)ccc1Nc1nccc(-c2cn(C3CC3)c3ccccc23)n1. The van der Waals surface area contributed by atoms with Gasteiger partial charge in [-0.25, -0.2) is 9.97 Å². The molecule has 10 aliphatic heterocycles. The van der Waals surface area contributed by atoms with E-state index in [4.69, 9.17) is 9.72 Å². The first-order chi connectivity index (χ1) is 31.7. The molecular weight excluding hydrogens is 821 g/mol. The number of rotatable bonds is 10. The molecule has 3 aromatic carbocycles. The molecule has 4 bridgehead atoms. The van der Waals surface area contributed by atoms with Crippen molar-refractivity contribution in [2.45, 2.75) is 69.2 Å². The quantitative estimate of drug-likeness (QED) is 0.167. The fourth-order valence-corrected chi connectivity index (χ4v) is 12.6. The minimum Gasteiger partial charge on any atom is -0.494 e. The fraction of sp³-hybridized carbons (Fsp3) is 0.440. The first-order valence-electron chi connectivity index (χ1n) is 23.5. The number of hydrogen-bond acceptors (Lipinski definition) is 12. The molecule has 3 unspecified atom stereocenters. The lowest BCUT2D eigenvalue weighted by Gasteiger charge is -2.64. The molecule has 15 heteroatoms. The second-order valence-electron chi connectivity index (χ2n) is 19.8. The van der Waals surface area contributed by atoms with E-state index >= 15 is 0 Å². The predicted octanol–water partition coefficient (Wildman–Crippen LogP) is 5.66. The summed E-state index contributed by atoms with van der Waals surface area (Å²) >= 11 is 0. The number of imide groups is 2. The molecule has 11 aliphatic rings. The zero-order valence-corrected chi connectivity index (χ0v) is 36.5. The number of benzene rings is 3. The van der Waals surface area contributed by atoms with E-state index in [-0.39, 0.29) is 18.7 Å². The van der Waals surface area contributed by atoms with Crippen LogP contribution in [-0.2, 0) is 9.59 Å². The van der Waals surface area contributed by atoms with Crippen molar-refractivity contribution in [3.05, 3.63) is 90.3 Å². The largest absolute Gasteiger partial charge is 0.494 e. The van der Waals surface area contributed by atoms with Gasteiger partial charge in [0, 0.05) is 122 Å². The Morgan fingerprint density at radius 2 is 1.65 bits per heavy atom. The van der Waals surface area contributed by atoms with Crippen molar-refractivity contribution in [1.82, 2.24) is 34.6 Å². The van der Waals surface area contributed by atoms with Gasteiger partial charge in [-0.1, -0.05) is 18.2 Å². The van der Waals surface area contributed by atoms with Gasteiger partial charge < -0.3 is 24.4 Å². The molecule has 332 valence electrons. The maximum atomic E-state index is 13.5. The van der Waals surface area contributed by atoms with Crippen molar-refractivity contribution in [2.75, 3.05) is 68.0 Å². The smallest absolute Gasteiger partial charge is 0.262 e. The van der Waals surface area contributed by atoms with Crippen molar-refractivity contribution < 1.29 is 23.9 Å². The van der Waals surface area contributed by atoms with Crippen molar-refractivity contribution in [2.24, 2.45) is 17.3 Å². The molecule has 12 heterocycles. The van der Waals surface area contributed by atoms with E-state index in [1.165, 1.54) is 42.3 Å². The van der Waals surface area contributed by atoms with E-state index in [0.717, 1.165) is 85.5 Å². The zero-order valence-electron chi connectivity index (χ0n) is 36.5. The summed E-state index contributed by atoms with van der Waals surface area (Å²) in [5.74, 6) is 0.553. The van der Waals surface area contributed by atoms with Crippen molar-refractivity contribution in [3.63, 3.8) is 0 Å². The molecule has 15 nitrogen and oxygen atoms in total. The predicted molar refractivity (Wildman–Crippen MR) is 244 cm³/mol. The third-order valence-electron chi connectivity index (χ3n) is 16.1. The van der Waals surface area contributed by atoms with E-state index in [0.29, 0.717) is 52.6 Å². The van der Waals surface area contributed by atoms with Crippen LogP contribution in [0.3, 0.4) is 0 Å². The number of amides is 4. The highest BCUT2D eigenvalue weighted by Crippen LogP contribution is 2.55. The van der Waals surface area contributed by atoms with Crippen molar-refractivity contribution in [1.29, 1.82) is 0 Å². The van der Waals surface area contributed by atoms with Crippen LogP contribution in [0.4, 0.5) is 23.0 Å². The number of nitrogens with zero attached hydrogens (tertiary/aromatic N) is 8. The first kappa shape index (κ1) is 39.1. The van der Waals surface area contributed by atoms with Crippen LogP contribution in [0, 0.1) is 17.3 Å². The number of methoxy groups -OCH3 is 1. The van der Waals surface area contributed by atoms with Gasteiger partial charge in [0.1, 0.15) is 11.8 Å². The van der Waals surface area contributed by atoms with Crippen LogP contribution in [0.5, 0.6) is 5.75 Å². The standard InChI is InChI=1S/C50H52N10O5/c1-65-42-22-33(9-11-39(42)53-49-51-17-14-38(52-49)37-27-58(31-6-7-31)40-5-3-2-4-34(37)40)59-28-50-15-18-55(19-16-50)44(57-25-30(26-57)45(50)59)20-29-23-56(24-29)32-8-10-35-36(21-32)48(64)60(47(35)63)41-12-13-43(61)54-46(41)62/h2-5,8-11,14,17,21-22,27,29-31,41,44-45H,6-7,12-13,15-16,18-20,23-26,28H2,1H3,(H,51,52,53)(H,54,61,62). The molecule has 4 amide bonds. The fourth-order valence-electron chi connectivity index (χ4n) is 12.6. The number of nitrogens with one attached hydrogen (secondary N) is 2. The van der Waals surface area contributed by atoms with Crippen LogP contribution in [0.1, 0.15) is 71.7 Å². The number of piperidine rings is 2. The van der Waals surface area contributed by atoms with Crippen molar-refractivity contribution in [3.8, 4) is 17.0 Å². The Bertz CT molecular complexity index is 2820. The van der Waals surface area contributed by atoms with Gasteiger partial charge in [-0.05, 0) is 86.9 Å². The number of fused-ring (bicyclic) bond motifs is 2. The number of carbonyl (C=O) groups is 4. The van der Waals surface area contributed by atoms with Crippen LogP contribution in [0.2, 0.25) is 0 Å². The van der Waals surface area contributed by atoms with E-state index in [9.17, 15) is 19.2 Å². The molecule has 9 saturated heterocycles. The lowest BCUT2D eigenvalue weighted by molar-refractivity contribution is -0.136. The third-order valence-corrected chi connectivity index (χ3v) is 16.1. The van der Waals surface area contributed by atoms with Gasteiger partial charge in [0.2, 0.25) is 17.8 Å². The lowest BCUT2D eigenvalue weighted by Crippen LogP contribution is -2.72. The average molecular weight is 873 g/mol. The Hall–Kier alpha value is -6.32. The summed E-state index contributed by atoms with van der Waals surface area (Å²) in [6, 6.07) is 22.7. The summed E-state index contributed by atoms with van der Waals surface area (Å²) in [4.78, 5) is 72.1. The Labute approximate surface area is 376 Å². The molecule has 10 fully saturated rings. The maximum Gasteiger partial charge on any atom is 0.262 e. The second-order valence-corrected chi connectivity index (χ2v) is 19.8. The zero-order chi connectivity index (χ0) is 43.7. The van der Waals surface area contributed by atoms with Crippen LogP contribution < -0.4 is 25.2 Å². The van der Waals surface area contributed by atoms with Gasteiger partial charge in [-0.2, -0.15) is 0 Å². The molecule has 5 aromatic rings. The summed E-state index contributed by atoms with van der Waals surface area (Å²) in [6.45, 7) is 7.31. The summed E-state index contributed by atoms with van der Waals surface area (Å²) in [7, 11) is 1.74. The van der Waals surface area contributed by atoms with Gasteiger partial charge in [0.15, 0.2) is 0 Å². The highest BCUT2D eigenvalue weighted by Gasteiger charge is 2.61. The number of para-hydroxylation sites is 1. The molecule has 2 aromatic heterocycles. The molecule has 0 radical (unpaired) electrons. The van der Waals surface area contributed by atoms with Crippen LogP contribution in [0.25, 0.3) is 22.2 Å². The number of ether oxygens (including phenoxy) is 1. The molecule has 16 rings (SSSR count). The molecule has 1 spiro atoms. The summed E-state index contributed by atoms with van der Waals surface area (Å²) in [5, 5.41) is 6.97. The maximum absolute atomic E-state index is 13.5. The molecule has 1 aliphatic carbocycles. The normalized spacial score (nSPS) is 29.3. The van der Waals surface area contributed by atoms with E-state index in [1.54, 1.807) is 13.2 Å². The van der Waals surface area contributed by atoms with Gasteiger partial charge in [-0.15, -0.1) is 0 Å². The topological polar surface area (TPSA) is 148 Å². The van der Waals surface area contributed by atoms with Crippen LogP contribution in [-0.4, -0.2) is 124 Å². The van der Waals surface area contributed by atoms with Gasteiger partial charge >= 0.3 is 0 Å². The van der Waals surface area contributed by atoms with Gasteiger partial charge in [0.25, 0.3) is 11.8 Å². The Balaban J connectivity index is 0.665. The second kappa shape index (κ2) is 14.6. The number of carbonyl (C=O) groups excluding carboxylic acids is 4. The molecular formula is C50H52N10O5. The summed E-state index contributed by atoms with van der Waals surface area (Å²) in [6.07, 6.45) is 10.7. The average Bonchev–Trinajstić information content (AvgIpc) is 4.00. The minimum absolute atomic E-state index is 0.103. The molecule has 2 N–H and O–H groups in total. The first-order valence-corrected chi connectivity index (χ1v) is 23.5. The van der Waals surface area contributed by atoms with E-state index in [2.05, 4.69) is 88.4 Å².